The molecule has 2 N–H and O–H groups in total. The van der Waals surface area contributed by atoms with E-state index in [4.69, 9.17) is 0 Å². The summed E-state index contributed by atoms with van der Waals surface area (Å²) in [4.78, 5) is 0. The van der Waals surface area contributed by atoms with Gasteiger partial charge in [-0.25, -0.2) is 0 Å². The van der Waals surface area contributed by atoms with E-state index < -0.39 is 0 Å². The summed E-state index contributed by atoms with van der Waals surface area (Å²) in [6, 6.07) is 0.133. The Morgan fingerprint density at radius 2 is 2.07 bits per heavy atom. The summed E-state index contributed by atoms with van der Waals surface area (Å²) < 4.78 is 1.87. The van der Waals surface area contributed by atoms with E-state index >= 15 is 0 Å². The number of aliphatic hydroxyl groups is 1. The lowest BCUT2D eigenvalue weighted by Crippen LogP contribution is -2.37. The van der Waals surface area contributed by atoms with Crippen molar-refractivity contribution in [3.63, 3.8) is 0 Å². The predicted molar refractivity (Wildman–Crippen MR) is 53.7 cm³/mol. The molecule has 0 bridgehead atoms. The third kappa shape index (κ3) is 2.52. The molecule has 1 rings (SSSR count). The molecule has 5 nitrogen and oxygen atoms in total. The highest BCUT2D eigenvalue weighted by atomic mass is 16.3. The van der Waals surface area contributed by atoms with Gasteiger partial charge < -0.3 is 15.0 Å². The van der Waals surface area contributed by atoms with E-state index in [-0.39, 0.29) is 18.2 Å². The van der Waals surface area contributed by atoms with Crippen LogP contribution in [0, 0.1) is 0 Å². The highest BCUT2D eigenvalue weighted by Crippen LogP contribution is 2.09. The molecule has 3 unspecified atom stereocenters. The minimum Gasteiger partial charge on any atom is -0.392 e. The molecule has 0 aliphatic carbocycles. The molecule has 80 valence electrons. The van der Waals surface area contributed by atoms with Gasteiger partial charge in [0.2, 0.25) is 0 Å². The number of nitrogens with one attached hydrogen (secondary N) is 1. The van der Waals surface area contributed by atoms with Crippen molar-refractivity contribution in [2.24, 2.45) is 7.05 Å². The molecule has 1 heterocycles. The van der Waals surface area contributed by atoms with E-state index in [0.29, 0.717) is 0 Å². The fourth-order valence-corrected chi connectivity index (χ4v) is 1.29. The molecule has 0 saturated heterocycles. The van der Waals surface area contributed by atoms with E-state index in [1.807, 2.05) is 25.5 Å². The summed E-state index contributed by atoms with van der Waals surface area (Å²) in [5, 5.41) is 20.4. The van der Waals surface area contributed by atoms with Crippen LogP contribution in [-0.4, -0.2) is 32.0 Å². The zero-order valence-corrected chi connectivity index (χ0v) is 9.10. The van der Waals surface area contributed by atoms with Crippen molar-refractivity contribution in [2.75, 3.05) is 0 Å². The molecule has 3 atom stereocenters. The van der Waals surface area contributed by atoms with E-state index in [1.54, 1.807) is 13.3 Å². The second kappa shape index (κ2) is 4.52. The van der Waals surface area contributed by atoms with Crippen LogP contribution < -0.4 is 5.32 Å². The summed E-state index contributed by atoms with van der Waals surface area (Å²) in [5.74, 6) is 0.873. The van der Waals surface area contributed by atoms with Crippen LogP contribution in [0.3, 0.4) is 0 Å². The molecule has 14 heavy (non-hydrogen) atoms. The number of hydrogen-bond acceptors (Lipinski definition) is 4. The van der Waals surface area contributed by atoms with Gasteiger partial charge in [0.25, 0.3) is 0 Å². The fourth-order valence-electron chi connectivity index (χ4n) is 1.29. The SMILES string of the molecule is CC(NC(C)C(C)O)c1nncn1C. The van der Waals surface area contributed by atoms with Gasteiger partial charge in [-0.3, -0.25) is 0 Å². The molecule has 1 aromatic rings. The van der Waals surface area contributed by atoms with Crippen molar-refractivity contribution in [1.82, 2.24) is 20.1 Å². The van der Waals surface area contributed by atoms with Crippen molar-refractivity contribution < 1.29 is 5.11 Å². The molecule has 0 aliphatic heterocycles. The number of hydrogen-bond donors (Lipinski definition) is 2. The van der Waals surface area contributed by atoms with Crippen LogP contribution in [0.4, 0.5) is 0 Å². The summed E-state index contributed by atoms with van der Waals surface area (Å²) in [6.07, 6.45) is 1.30. The summed E-state index contributed by atoms with van der Waals surface area (Å²) >= 11 is 0. The van der Waals surface area contributed by atoms with Crippen LogP contribution >= 0.6 is 0 Å². The average molecular weight is 198 g/mol. The number of aliphatic hydroxyl groups excluding tert-OH is 1. The zero-order chi connectivity index (χ0) is 10.7. The number of rotatable bonds is 4. The van der Waals surface area contributed by atoms with Crippen LogP contribution in [0.1, 0.15) is 32.6 Å². The van der Waals surface area contributed by atoms with Gasteiger partial charge in [-0.15, -0.1) is 10.2 Å². The molecule has 0 fully saturated rings. The first-order chi connectivity index (χ1) is 6.52. The van der Waals surface area contributed by atoms with E-state index in [9.17, 15) is 5.11 Å². The highest BCUT2D eigenvalue weighted by Gasteiger charge is 2.16. The molecule has 1 aromatic heterocycles. The van der Waals surface area contributed by atoms with E-state index in [2.05, 4.69) is 15.5 Å². The fraction of sp³-hybridized carbons (Fsp3) is 0.778. The standard InChI is InChI=1S/C9H18N4O/c1-6(8(3)14)11-7(2)9-12-10-5-13(9)4/h5-8,11,14H,1-4H3. The first-order valence-corrected chi connectivity index (χ1v) is 4.80. The van der Waals surface area contributed by atoms with Crippen LogP contribution in [0.5, 0.6) is 0 Å². The Balaban J connectivity index is 2.59. The van der Waals surface area contributed by atoms with Crippen molar-refractivity contribution in [3.8, 4) is 0 Å². The lowest BCUT2D eigenvalue weighted by molar-refractivity contribution is 0.146. The van der Waals surface area contributed by atoms with Crippen LogP contribution in [0.2, 0.25) is 0 Å². The summed E-state index contributed by atoms with van der Waals surface area (Å²) in [7, 11) is 1.90. The number of aromatic nitrogens is 3. The minimum absolute atomic E-state index is 0.0432. The van der Waals surface area contributed by atoms with Gasteiger partial charge in [0, 0.05) is 13.1 Å². The second-order valence-electron chi connectivity index (χ2n) is 3.72. The maximum atomic E-state index is 9.33. The molecule has 0 spiro atoms. The summed E-state index contributed by atoms with van der Waals surface area (Å²) in [6.45, 7) is 5.71. The molecule has 5 heteroatoms. The van der Waals surface area contributed by atoms with Gasteiger partial charge >= 0.3 is 0 Å². The van der Waals surface area contributed by atoms with Gasteiger partial charge in [0.1, 0.15) is 12.2 Å². The van der Waals surface area contributed by atoms with E-state index in [0.717, 1.165) is 5.82 Å². The Morgan fingerprint density at radius 1 is 1.43 bits per heavy atom. The third-order valence-corrected chi connectivity index (χ3v) is 2.37. The van der Waals surface area contributed by atoms with Crippen LogP contribution in [0.25, 0.3) is 0 Å². The first-order valence-electron chi connectivity index (χ1n) is 4.80. The Morgan fingerprint density at radius 3 is 2.50 bits per heavy atom. The van der Waals surface area contributed by atoms with Crippen molar-refractivity contribution in [2.45, 2.75) is 39.0 Å². The monoisotopic (exact) mass is 198 g/mol. The molecule has 0 amide bonds. The maximum absolute atomic E-state index is 9.33. The maximum Gasteiger partial charge on any atom is 0.149 e. The summed E-state index contributed by atoms with van der Waals surface area (Å²) in [5.41, 5.74) is 0. The molecule has 0 aliphatic rings. The lowest BCUT2D eigenvalue weighted by atomic mass is 10.2. The smallest absolute Gasteiger partial charge is 0.149 e. The van der Waals surface area contributed by atoms with Crippen LogP contribution in [0.15, 0.2) is 6.33 Å². The molecular formula is C9H18N4O. The second-order valence-corrected chi connectivity index (χ2v) is 3.72. The minimum atomic E-state index is -0.370. The topological polar surface area (TPSA) is 63.0 Å². The third-order valence-electron chi connectivity index (χ3n) is 2.37. The van der Waals surface area contributed by atoms with Gasteiger partial charge in [0.05, 0.1) is 12.1 Å². The Hall–Kier alpha value is -0.940. The first kappa shape index (κ1) is 11.1. The lowest BCUT2D eigenvalue weighted by Gasteiger charge is -2.21. The van der Waals surface area contributed by atoms with Gasteiger partial charge in [-0.1, -0.05) is 0 Å². The molecule has 0 radical (unpaired) electrons. The van der Waals surface area contributed by atoms with Crippen molar-refractivity contribution >= 4 is 0 Å². The average Bonchev–Trinajstić information content (AvgIpc) is 2.51. The Kier molecular flexibility index (Phi) is 3.60. The molecular weight excluding hydrogens is 180 g/mol. The predicted octanol–water partition coefficient (Wildman–Crippen LogP) is 0.235. The number of aryl methyl sites for hydroxylation is 1. The van der Waals surface area contributed by atoms with Gasteiger partial charge in [-0.2, -0.15) is 0 Å². The molecule has 0 saturated carbocycles. The Labute approximate surface area is 84.2 Å². The highest BCUT2D eigenvalue weighted by molar-refractivity contribution is 4.93. The quantitative estimate of drug-likeness (QED) is 0.727. The Bertz CT molecular complexity index is 284. The number of nitrogens with zero attached hydrogens (tertiary/aromatic N) is 3. The zero-order valence-electron chi connectivity index (χ0n) is 9.10. The molecule has 0 aromatic carbocycles. The van der Waals surface area contributed by atoms with Gasteiger partial charge in [0.15, 0.2) is 0 Å². The van der Waals surface area contributed by atoms with Crippen LogP contribution in [-0.2, 0) is 7.05 Å². The van der Waals surface area contributed by atoms with Crippen molar-refractivity contribution in [1.29, 1.82) is 0 Å². The van der Waals surface area contributed by atoms with Gasteiger partial charge in [-0.05, 0) is 20.8 Å². The van der Waals surface area contributed by atoms with Crippen molar-refractivity contribution in [3.05, 3.63) is 12.2 Å². The largest absolute Gasteiger partial charge is 0.392 e. The van der Waals surface area contributed by atoms with E-state index in [1.165, 1.54) is 0 Å². The normalized spacial score (nSPS) is 17.8.